The average Bonchev–Trinajstić information content (AvgIpc) is 3.54. The molecule has 1 heterocycles. The fourth-order valence-electron chi connectivity index (χ4n) is 3.78. The summed E-state index contributed by atoms with van der Waals surface area (Å²) in [6.45, 7) is 3.36. The molecule has 7 nitrogen and oxygen atoms in total. The first-order valence-corrected chi connectivity index (χ1v) is 11.4. The lowest BCUT2D eigenvalue weighted by atomic mass is 9.98. The maximum absolute atomic E-state index is 14.8. The maximum Gasteiger partial charge on any atom is 0.297 e. The number of benzene rings is 1. The SMILES string of the molecule is CC(=O)NC(C)COF.Cn1c(OC2CCCCC2)nc2c(F)cc(OCC3CC3)c(F)c21. The number of hydrogen-bond donors (Lipinski definition) is 1. The van der Waals surface area contributed by atoms with Gasteiger partial charge in [-0.25, -0.2) is 8.78 Å². The van der Waals surface area contributed by atoms with Gasteiger partial charge < -0.3 is 14.8 Å². The second-order valence-electron chi connectivity index (χ2n) is 8.83. The molecule has 1 atom stereocenters. The van der Waals surface area contributed by atoms with E-state index in [4.69, 9.17) is 9.47 Å². The quantitative estimate of drug-likeness (QED) is 0.601. The van der Waals surface area contributed by atoms with Crippen molar-refractivity contribution in [1.82, 2.24) is 14.9 Å². The van der Waals surface area contributed by atoms with Crippen molar-refractivity contribution >= 4 is 16.9 Å². The summed E-state index contributed by atoms with van der Waals surface area (Å²) in [5, 5.41) is 2.44. The second kappa shape index (κ2) is 11.6. The third-order valence-corrected chi connectivity index (χ3v) is 5.72. The van der Waals surface area contributed by atoms with Crippen LogP contribution in [0.5, 0.6) is 11.8 Å². The van der Waals surface area contributed by atoms with Crippen molar-refractivity contribution in [1.29, 1.82) is 0 Å². The molecule has 0 spiro atoms. The van der Waals surface area contributed by atoms with Crippen LogP contribution in [0.3, 0.4) is 0 Å². The number of ether oxygens (including phenoxy) is 2. The molecule has 1 amide bonds. The Bertz CT molecular complexity index is 943. The molecule has 1 N–H and O–H groups in total. The summed E-state index contributed by atoms with van der Waals surface area (Å²) in [5.41, 5.74) is 0.103. The van der Waals surface area contributed by atoms with Gasteiger partial charge in [-0.05, 0) is 55.9 Å². The lowest BCUT2D eigenvalue weighted by Gasteiger charge is -2.22. The Kier molecular flexibility index (Phi) is 8.82. The van der Waals surface area contributed by atoms with Gasteiger partial charge in [-0.15, -0.1) is 0 Å². The fraction of sp³-hybridized carbons (Fsp3) is 0.652. The van der Waals surface area contributed by atoms with Crippen LogP contribution in [0, 0.1) is 17.6 Å². The molecule has 2 aromatic rings. The normalized spacial score (nSPS) is 17.3. The highest BCUT2D eigenvalue weighted by molar-refractivity contribution is 5.80. The number of carbonyl (C=O) groups excluding carboxylic acids is 1. The summed E-state index contributed by atoms with van der Waals surface area (Å²) in [4.78, 5) is 17.7. The van der Waals surface area contributed by atoms with Crippen molar-refractivity contribution in [2.45, 2.75) is 70.9 Å². The average molecular weight is 472 g/mol. The third kappa shape index (κ3) is 6.99. The number of amides is 1. The molecule has 33 heavy (non-hydrogen) atoms. The molecule has 0 aliphatic heterocycles. The smallest absolute Gasteiger partial charge is 0.297 e. The lowest BCUT2D eigenvalue weighted by molar-refractivity contribution is -0.141. The van der Waals surface area contributed by atoms with E-state index in [2.05, 4.69) is 15.2 Å². The molecule has 10 heteroatoms. The molecule has 1 aromatic heterocycles. The van der Waals surface area contributed by atoms with Gasteiger partial charge in [0.2, 0.25) is 5.91 Å². The van der Waals surface area contributed by atoms with Crippen molar-refractivity contribution < 1.29 is 32.5 Å². The molecule has 1 unspecified atom stereocenters. The molecule has 2 saturated carbocycles. The number of rotatable bonds is 8. The summed E-state index contributed by atoms with van der Waals surface area (Å²) in [6.07, 6.45) is 7.65. The van der Waals surface area contributed by atoms with Gasteiger partial charge in [0, 0.05) is 20.0 Å². The van der Waals surface area contributed by atoms with Crippen LogP contribution < -0.4 is 14.8 Å². The number of halogens is 3. The first-order chi connectivity index (χ1) is 15.8. The maximum atomic E-state index is 14.8. The number of imidazole rings is 1. The standard InChI is InChI=1S/C18H22F2N2O2.C5H10FNO2/c1-22-17-15(20)14(23-10-11-7-8-11)9-13(19)16(17)21-18(22)24-12-5-3-2-4-6-12;1-4(3-9-6)7-5(2)8/h9,11-12H,2-8,10H2,1H3;4H,3H2,1-2H3,(H,7,8). The highest BCUT2D eigenvalue weighted by Gasteiger charge is 2.26. The molecular weight excluding hydrogens is 439 g/mol. The van der Waals surface area contributed by atoms with Crippen molar-refractivity contribution in [2.75, 3.05) is 13.2 Å². The first kappa shape index (κ1) is 25.1. The number of aryl methyl sites for hydroxylation is 1. The van der Waals surface area contributed by atoms with Crippen molar-refractivity contribution in [3.8, 4) is 11.8 Å². The Labute approximate surface area is 191 Å². The van der Waals surface area contributed by atoms with E-state index in [-0.39, 0.29) is 47.5 Å². The first-order valence-electron chi connectivity index (χ1n) is 11.4. The number of nitrogens with zero attached hydrogens (tertiary/aromatic N) is 2. The van der Waals surface area contributed by atoms with E-state index < -0.39 is 11.6 Å². The molecule has 2 aliphatic rings. The third-order valence-electron chi connectivity index (χ3n) is 5.72. The van der Waals surface area contributed by atoms with Gasteiger partial charge in [-0.1, -0.05) is 6.42 Å². The lowest BCUT2D eigenvalue weighted by Crippen LogP contribution is -2.33. The largest absolute Gasteiger partial charge is 0.490 e. The van der Waals surface area contributed by atoms with Gasteiger partial charge in [-0.2, -0.15) is 9.93 Å². The summed E-state index contributed by atoms with van der Waals surface area (Å²) < 4.78 is 53.0. The van der Waals surface area contributed by atoms with Gasteiger partial charge >= 0.3 is 0 Å². The van der Waals surface area contributed by atoms with Crippen LogP contribution in [0.1, 0.15) is 58.8 Å². The molecule has 184 valence electrons. The molecule has 0 saturated heterocycles. The zero-order chi connectivity index (χ0) is 24.0. The Morgan fingerprint density at radius 3 is 2.55 bits per heavy atom. The van der Waals surface area contributed by atoms with Crippen LogP contribution in [0.4, 0.5) is 13.3 Å². The van der Waals surface area contributed by atoms with Crippen LogP contribution in [0.15, 0.2) is 6.07 Å². The van der Waals surface area contributed by atoms with E-state index in [1.807, 2.05) is 0 Å². The number of carbonyl (C=O) groups is 1. The predicted molar refractivity (Wildman–Crippen MR) is 117 cm³/mol. The Balaban J connectivity index is 0.000000292. The Morgan fingerprint density at radius 1 is 1.24 bits per heavy atom. The summed E-state index contributed by atoms with van der Waals surface area (Å²) in [6, 6.07) is 1.11. The molecule has 4 rings (SSSR count). The predicted octanol–water partition coefficient (Wildman–Crippen LogP) is 4.76. The molecule has 2 fully saturated rings. The fourth-order valence-corrected chi connectivity index (χ4v) is 3.78. The molecule has 0 radical (unpaired) electrons. The van der Waals surface area contributed by atoms with Crippen LogP contribution in [0.25, 0.3) is 11.0 Å². The summed E-state index contributed by atoms with van der Waals surface area (Å²) in [7, 11) is 1.65. The zero-order valence-electron chi connectivity index (χ0n) is 19.3. The second-order valence-corrected chi connectivity index (χ2v) is 8.83. The van der Waals surface area contributed by atoms with E-state index in [1.165, 1.54) is 17.9 Å². The van der Waals surface area contributed by atoms with Crippen molar-refractivity contribution in [2.24, 2.45) is 13.0 Å². The van der Waals surface area contributed by atoms with Crippen LogP contribution in [-0.2, 0) is 16.8 Å². The van der Waals surface area contributed by atoms with E-state index in [1.54, 1.807) is 14.0 Å². The number of fused-ring (bicyclic) bond motifs is 1. The number of aromatic nitrogens is 2. The highest BCUT2D eigenvalue weighted by Crippen LogP contribution is 2.35. The minimum atomic E-state index is -0.578. The Morgan fingerprint density at radius 2 is 1.94 bits per heavy atom. The number of hydrogen-bond acceptors (Lipinski definition) is 5. The van der Waals surface area contributed by atoms with Gasteiger partial charge in [0.05, 0.1) is 12.6 Å². The van der Waals surface area contributed by atoms with E-state index in [0.29, 0.717) is 12.5 Å². The minimum absolute atomic E-state index is 0.000388. The minimum Gasteiger partial charge on any atom is -0.490 e. The van der Waals surface area contributed by atoms with Crippen LogP contribution >= 0.6 is 0 Å². The molecular formula is C23H32F3N3O4. The van der Waals surface area contributed by atoms with Crippen molar-refractivity contribution in [3.63, 3.8) is 0 Å². The number of nitrogens with one attached hydrogen (secondary N) is 1. The monoisotopic (exact) mass is 471 g/mol. The summed E-state index contributed by atoms with van der Waals surface area (Å²) >= 11 is 0. The van der Waals surface area contributed by atoms with E-state index >= 15 is 0 Å². The summed E-state index contributed by atoms with van der Waals surface area (Å²) in [5.74, 6) is -0.898. The van der Waals surface area contributed by atoms with Gasteiger partial charge in [0.1, 0.15) is 23.7 Å². The highest BCUT2D eigenvalue weighted by atomic mass is 19.3. The topological polar surface area (TPSA) is 74.6 Å². The molecule has 0 bridgehead atoms. The van der Waals surface area contributed by atoms with Gasteiger partial charge in [-0.3, -0.25) is 9.36 Å². The van der Waals surface area contributed by atoms with Crippen LogP contribution in [-0.4, -0.2) is 40.8 Å². The zero-order valence-corrected chi connectivity index (χ0v) is 19.3. The van der Waals surface area contributed by atoms with E-state index in [0.717, 1.165) is 44.6 Å². The van der Waals surface area contributed by atoms with E-state index in [9.17, 15) is 18.1 Å². The molecule has 2 aliphatic carbocycles. The van der Waals surface area contributed by atoms with Gasteiger partial charge in [0.15, 0.2) is 17.4 Å². The van der Waals surface area contributed by atoms with Crippen LogP contribution in [0.2, 0.25) is 0 Å². The van der Waals surface area contributed by atoms with Crippen molar-refractivity contribution in [3.05, 3.63) is 17.7 Å². The van der Waals surface area contributed by atoms with Gasteiger partial charge in [0.25, 0.3) is 6.01 Å². The Hall–Kier alpha value is -2.49. The molecule has 1 aromatic carbocycles.